The highest BCUT2D eigenvalue weighted by Crippen LogP contribution is 2.57. The molecule has 0 aromatic rings. The van der Waals surface area contributed by atoms with E-state index in [0.29, 0.717) is 17.3 Å². The molecule has 3 aliphatic rings. The van der Waals surface area contributed by atoms with Crippen LogP contribution in [-0.2, 0) is 4.79 Å². The van der Waals surface area contributed by atoms with Gasteiger partial charge < -0.3 is 4.79 Å². The maximum absolute atomic E-state index is 12.8. The van der Waals surface area contributed by atoms with Crippen LogP contribution in [0.1, 0.15) is 155 Å². The first kappa shape index (κ1) is 26.3. The molecule has 0 bridgehead atoms. The zero-order valence-corrected chi connectivity index (χ0v) is 21.9. The molecule has 1 unspecified atom stereocenters. The largest absolute Gasteiger partial charge is 0.303 e. The minimum atomic E-state index is 0.363. The van der Waals surface area contributed by atoms with Crippen molar-refractivity contribution in [1.82, 2.24) is 0 Å². The van der Waals surface area contributed by atoms with Gasteiger partial charge in [0.05, 0.1) is 0 Å². The molecule has 3 aliphatic carbocycles. The first-order valence-electron chi connectivity index (χ1n) is 15.2. The summed E-state index contributed by atoms with van der Waals surface area (Å²) in [5, 5.41) is 0. The van der Waals surface area contributed by atoms with Gasteiger partial charge in [-0.3, -0.25) is 0 Å². The zero-order chi connectivity index (χ0) is 22.7. The third kappa shape index (κ3) is 7.09. The second-order valence-corrected chi connectivity index (χ2v) is 12.3. The fourth-order valence-corrected chi connectivity index (χ4v) is 8.29. The average molecular weight is 445 g/mol. The van der Waals surface area contributed by atoms with Crippen LogP contribution in [0.3, 0.4) is 0 Å². The van der Waals surface area contributed by atoms with Gasteiger partial charge in [0.2, 0.25) is 0 Å². The van der Waals surface area contributed by atoms with Crippen LogP contribution >= 0.6 is 0 Å². The summed E-state index contributed by atoms with van der Waals surface area (Å²) in [6, 6.07) is 0. The van der Waals surface area contributed by atoms with Crippen molar-refractivity contribution >= 4 is 6.29 Å². The standard InChI is InChI=1S/C31H56O/c1-3-5-7-10-14-27-21-23-31(24-22-27,29-15-11-8-12-16-29)30(25-32)28-19-17-26(18-20-28)13-9-6-4-2/h25-30H,3-24H2,1-2H3/t26?,27-,28?,30?,31+. The molecule has 0 N–H and O–H groups in total. The second kappa shape index (κ2) is 14.2. The van der Waals surface area contributed by atoms with Crippen molar-refractivity contribution in [2.24, 2.45) is 35.0 Å². The normalized spacial score (nSPS) is 33.1. The summed E-state index contributed by atoms with van der Waals surface area (Å²) in [7, 11) is 0. The van der Waals surface area contributed by atoms with Crippen molar-refractivity contribution in [2.75, 3.05) is 0 Å². The number of carbonyl (C=O) groups excluding carboxylic acids is 1. The van der Waals surface area contributed by atoms with E-state index in [-0.39, 0.29) is 0 Å². The van der Waals surface area contributed by atoms with Crippen molar-refractivity contribution in [3.05, 3.63) is 0 Å². The van der Waals surface area contributed by atoms with E-state index in [0.717, 1.165) is 17.8 Å². The van der Waals surface area contributed by atoms with Gasteiger partial charge in [-0.2, -0.15) is 0 Å². The molecular formula is C31H56O. The Morgan fingerprint density at radius 3 is 1.84 bits per heavy atom. The predicted molar refractivity (Wildman–Crippen MR) is 139 cm³/mol. The SMILES string of the molecule is CCCCCC[C@H]1CC[C@@](C2CCCCC2)(C(C=O)C2CCC(CCCCC)CC2)CC1. The monoisotopic (exact) mass is 444 g/mol. The van der Waals surface area contributed by atoms with Crippen LogP contribution in [0, 0.1) is 35.0 Å². The third-order valence-electron chi connectivity index (χ3n) is 10.3. The molecule has 3 fully saturated rings. The zero-order valence-electron chi connectivity index (χ0n) is 21.9. The molecule has 3 saturated carbocycles. The molecule has 0 saturated heterocycles. The maximum atomic E-state index is 12.8. The van der Waals surface area contributed by atoms with E-state index < -0.39 is 0 Å². The Labute approximate surface area is 201 Å². The molecule has 186 valence electrons. The molecule has 0 heterocycles. The number of hydrogen-bond acceptors (Lipinski definition) is 1. The molecule has 32 heavy (non-hydrogen) atoms. The Bertz CT molecular complexity index is 489. The van der Waals surface area contributed by atoms with Crippen molar-refractivity contribution in [2.45, 2.75) is 155 Å². The molecule has 0 aliphatic heterocycles. The number of rotatable bonds is 13. The highest BCUT2D eigenvalue weighted by molar-refractivity contribution is 5.56. The number of carbonyl (C=O) groups is 1. The summed E-state index contributed by atoms with van der Waals surface area (Å²) in [6.07, 6.45) is 32.4. The number of unbranched alkanes of at least 4 members (excludes halogenated alkanes) is 5. The molecule has 0 spiro atoms. The van der Waals surface area contributed by atoms with Gasteiger partial charge in [-0.25, -0.2) is 0 Å². The van der Waals surface area contributed by atoms with Crippen LogP contribution in [0.25, 0.3) is 0 Å². The van der Waals surface area contributed by atoms with E-state index in [1.165, 1.54) is 148 Å². The van der Waals surface area contributed by atoms with Crippen molar-refractivity contribution < 1.29 is 4.79 Å². The van der Waals surface area contributed by atoms with E-state index in [9.17, 15) is 4.79 Å². The van der Waals surface area contributed by atoms with Gasteiger partial charge in [-0.15, -0.1) is 0 Å². The fourth-order valence-electron chi connectivity index (χ4n) is 8.29. The van der Waals surface area contributed by atoms with Gasteiger partial charge in [0, 0.05) is 5.92 Å². The Morgan fingerprint density at radius 2 is 1.25 bits per heavy atom. The molecule has 1 heteroatoms. The molecule has 0 radical (unpaired) electrons. The summed E-state index contributed by atoms with van der Waals surface area (Å²) in [6.45, 7) is 4.63. The first-order chi connectivity index (χ1) is 15.7. The van der Waals surface area contributed by atoms with Crippen molar-refractivity contribution in [1.29, 1.82) is 0 Å². The smallest absolute Gasteiger partial charge is 0.123 e. The van der Waals surface area contributed by atoms with Crippen LogP contribution in [-0.4, -0.2) is 6.29 Å². The van der Waals surface area contributed by atoms with Crippen LogP contribution in [0.2, 0.25) is 0 Å². The Hall–Kier alpha value is -0.330. The highest BCUT2D eigenvalue weighted by Gasteiger charge is 2.49. The number of hydrogen-bond donors (Lipinski definition) is 0. The third-order valence-corrected chi connectivity index (χ3v) is 10.3. The molecule has 1 atom stereocenters. The molecular weight excluding hydrogens is 388 g/mol. The molecule has 0 aromatic carbocycles. The lowest BCUT2D eigenvalue weighted by molar-refractivity contribution is -0.125. The minimum absolute atomic E-state index is 0.363. The van der Waals surface area contributed by atoms with Gasteiger partial charge in [-0.1, -0.05) is 104 Å². The van der Waals surface area contributed by atoms with Crippen LogP contribution in [0.15, 0.2) is 0 Å². The van der Waals surface area contributed by atoms with Crippen molar-refractivity contribution in [3.8, 4) is 0 Å². The van der Waals surface area contributed by atoms with E-state index in [1.807, 2.05) is 0 Å². The Morgan fingerprint density at radius 1 is 0.688 bits per heavy atom. The quantitative estimate of drug-likeness (QED) is 0.204. The second-order valence-electron chi connectivity index (χ2n) is 12.3. The van der Waals surface area contributed by atoms with Gasteiger partial charge in [0.15, 0.2) is 0 Å². The fraction of sp³-hybridized carbons (Fsp3) is 0.968. The Kier molecular flexibility index (Phi) is 11.6. The van der Waals surface area contributed by atoms with E-state index in [1.54, 1.807) is 0 Å². The summed E-state index contributed by atoms with van der Waals surface area (Å²) < 4.78 is 0. The molecule has 3 rings (SSSR count). The Balaban J connectivity index is 1.61. The highest BCUT2D eigenvalue weighted by atomic mass is 16.1. The summed E-state index contributed by atoms with van der Waals surface area (Å²) >= 11 is 0. The van der Waals surface area contributed by atoms with E-state index in [4.69, 9.17) is 0 Å². The van der Waals surface area contributed by atoms with Gasteiger partial charge in [0.25, 0.3) is 0 Å². The first-order valence-corrected chi connectivity index (χ1v) is 15.2. The molecule has 1 nitrogen and oxygen atoms in total. The predicted octanol–water partition coefficient (Wildman–Crippen LogP) is 9.92. The van der Waals surface area contributed by atoms with E-state index >= 15 is 0 Å². The lowest BCUT2D eigenvalue weighted by Crippen LogP contribution is -2.46. The lowest BCUT2D eigenvalue weighted by atomic mass is 9.51. The average Bonchev–Trinajstić information content (AvgIpc) is 2.85. The van der Waals surface area contributed by atoms with E-state index in [2.05, 4.69) is 13.8 Å². The van der Waals surface area contributed by atoms with Crippen molar-refractivity contribution in [3.63, 3.8) is 0 Å². The summed E-state index contributed by atoms with van der Waals surface area (Å²) in [4.78, 5) is 12.8. The molecule has 0 aromatic heterocycles. The number of aldehydes is 1. The van der Waals surface area contributed by atoms with Crippen LogP contribution < -0.4 is 0 Å². The summed E-state index contributed by atoms with van der Waals surface area (Å²) in [5.41, 5.74) is 0.363. The maximum Gasteiger partial charge on any atom is 0.123 e. The summed E-state index contributed by atoms with van der Waals surface area (Å²) in [5.74, 6) is 3.80. The topological polar surface area (TPSA) is 17.1 Å². The molecule has 0 amide bonds. The van der Waals surface area contributed by atoms with Crippen LogP contribution in [0.4, 0.5) is 0 Å². The minimum Gasteiger partial charge on any atom is -0.303 e. The van der Waals surface area contributed by atoms with Gasteiger partial charge >= 0.3 is 0 Å². The van der Waals surface area contributed by atoms with Gasteiger partial charge in [-0.05, 0) is 80.5 Å². The van der Waals surface area contributed by atoms with Crippen LogP contribution in [0.5, 0.6) is 0 Å². The van der Waals surface area contributed by atoms with Gasteiger partial charge in [0.1, 0.15) is 6.29 Å². The lowest BCUT2D eigenvalue weighted by Gasteiger charge is -2.53.